The van der Waals surface area contributed by atoms with E-state index in [1.54, 1.807) is 18.2 Å². The second kappa shape index (κ2) is 7.38. The summed E-state index contributed by atoms with van der Waals surface area (Å²) >= 11 is 0. The minimum absolute atomic E-state index is 0.00463. The zero-order valence-electron chi connectivity index (χ0n) is 8.54. The van der Waals surface area contributed by atoms with Crippen LogP contribution >= 0.6 is 0 Å². The quantitative estimate of drug-likeness (QED) is 0.517. The number of phenols is 1. The van der Waals surface area contributed by atoms with Crippen molar-refractivity contribution in [3.63, 3.8) is 0 Å². The highest BCUT2D eigenvalue weighted by atomic mass is 16.4. The molecule has 0 aliphatic heterocycles. The van der Waals surface area contributed by atoms with Crippen molar-refractivity contribution in [3.05, 3.63) is 29.8 Å². The number of aldehydes is 1. The van der Waals surface area contributed by atoms with Gasteiger partial charge in [0.15, 0.2) is 6.29 Å². The number of aliphatic carboxylic acids is 1. The van der Waals surface area contributed by atoms with Gasteiger partial charge in [0.05, 0.1) is 5.56 Å². The molecule has 0 saturated heterocycles. The number of rotatable bonds is 3. The van der Waals surface area contributed by atoms with Gasteiger partial charge in [0.2, 0.25) is 0 Å². The molecular formula is C10H14N2O4. The molecule has 6 heteroatoms. The molecule has 1 rings (SSSR count). The van der Waals surface area contributed by atoms with Gasteiger partial charge in [-0.1, -0.05) is 12.1 Å². The molecule has 1 atom stereocenters. The van der Waals surface area contributed by atoms with Crippen LogP contribution in [0, 0.1) is 0 Å². The Labute approximate surface area is 92.5 Å². The zero-order valence-corrected chi connectivity index (χ0v) is 8.54. The number of nitrogens with two attached hydrogens (primary N) is 2. The Morgan fingerprint density at radius 3 is 2.25 bits per heavy atom. The van der Waals surface area contributed by atoms with E-state index in [0.29, 0.717) is 11.8 Å². The maximum absolute atomic E-state index is 10.1. The standard InChI is InChI=1S/C7H6O2.C3H8N2O2/c8-5-6-3-1-2-4-7(6)9;4-1-2(5)3(6)7/h1-5,9H;2H,1,4-5H2,(H,6,7)/t;2-/m.0/s1. The predicted octanol–water partition coefficient (Wildman–Crippen LogP) is -0.438. The van der Waals surface area contributed by atoms with Crippen molar-refractivity contribution in [2.75, 3.05) is 6.54 Å². The molecule has 6 N–H and O–H groups in total. The number of carboxylic acid groups (broad SMARTS) is 1. The molecule has 6 nitrogen and oxygen atoms in total. The highest BCUT2D eigenvalue weighted by molar-refractivity contribution is 5.78. The van der Waals surface area contributed by atoms with E-state index in [9.17, 15) is 9.59 Å². The van der Waals surface area contributed by atoms with Crippen molar-refractivity contribution >= 4 is 12.3 Å². The molecule has 0 bridgehead atoms. The van der Waals surface area contributed by atoms with Crippen LogP contribution in [0.5, 0.6) is 5.75 Å². The van der Waals surface area contributed by atoms with Gasteiger partial charge in [-0.15, -0.1) is 0 Å². The van der Waals surface area contributed by atoms with Crippen molar-refractivity contribution in [2.24, 2.45) is 11.5 Å². The Kier molecular flexibility index (Phi) is 6.50. The molecule has 0 unspecified atom stereocenters. The smallest absolute Gasteiger partial charge is 0.321 e. The fourth-order valence-electron chi connectivity index (χ4n) is 0.688. The molecule has 0 fully saturated rings. The van der Waals surface area contributed by atoms with Gasteiger partial charge in [-0.25, -0.2) is 0 Å². The molecule has 0 aliphatic carbocycles. The summed E-state index contributed by atoms with van der Waals surface area (Å²) in [5.74, 6) is -1.02. The summed E-state index contributed by atoms with van der Waals surface area (Å²) in [6.07, 6.45) is 0.620. The number of aromatic hydroxyl groups is 1. The number of benzene rings is 1. The fraction of sp³-hybridized carbons (Fsp3) is 0.200. The summed E-state index contributed by atoms with van der Waals surface area (Å²) in [5.41, 5.74) is 10.1. The lowest BCUT2D eigenvalue weighted by molar-refractivity contribution is -0.138. The Morgan fingerprint density at radius 1 is 1.44 bits per heavy atom. The summed E-state index contributed by atoms with van der Waals surface area (Å²) < 4.78 is 0. The van der Waals surface area contributed by atoms with Crippen molar-refractivity contribution in [3.8, 4) is 5.75 Å². The highest BCUT2D eigenvalue weighted by Gasteiger charge is 2.05. The maximum Gasteiger partial charge on any atom is 0.321 e. The first-order chi connectivity index (χ1) is 7.52. The normalized spacial score (nSPS) is 10.9. The lowest BCUT2D eigenvalue weighted by atomic mass is 10.2. The first-order valence-corrected chi connectivity index (χ1v) is 4.44. The number of hydrogen-bond acceptors (Lipinski definition) is 5. The van der Waals surface area contributed by atoms with Crippen LogP contribution in [0.2, 0.25) is 0 Å². The van der Waals surface area contributed by atoms with Crippen LogP contribution in [-0.4, -0.2) is 35.1 Å². The van der Waals surface area contributed by atoms with Gasteiger partial charge in [0.1, 0.15) is 11.8 Å². The molecule has 0 radical (unpaired) electrons. The SMILES string of the molecule is NC[C@H](N)C(=O)O.O=Cc1ccccc1O. The zero-order chi connectivity index (χ0) is 12.6. The third kappa shape index (κ3) is 5.08. The van der Waals surface area contributed by atoms with Gasteiger partial charge >= 0.3 is 5.97 Å². The van der Waals surface area contributed by atoms with Crippen LogP contribution in [0.4, 0.5) is 0 Å². The number of hydrogen-bond donors (Lipinski definition) is 4. The average Bonchev–Trinajstić information content (AvgIpc) is 2.29. The van der Waals surface area contributed by atoms with Crippen molar-refractivity contribution in [1.82, 2.24) is 0 Å². The van der Waals surface area contributed by atoms with Gasteiger partial charge < -0.3 is 21.7 Å². The molecule has 0 aromatic heterocycles. The molecule has 0 saturated carbocycles. The molecular weight excluding hydrogens is 212 g/mol. The van der Waals surface area contributed by atoms with E-state index in [0.717, 1.165) is 0 Å². The summed E-state index contributed by atoms with van der Waals surface area (Å²) in [6, 6.07) is 5.50. The molecule has 0 spiro atoms. The van der Waals surface area contributed by atoms with Crippen LogP contribution in [0.3, 0.4) is 0 Å². The number of carbonyl (C=O) groups excluding carboxylic acids is 1. The van der Waals surface area contributed by atoms with Crippen molar-refractivity contribution < 1.29 is 19.8 Å². The molecule has 88 valence electrons. The van der Waals surface area contributed by atoms with Crippen LogP contribution < -0.4 is 11.5 Å². The van der Waals surface area contributed by atoms with E-state index in [1.807, 2.05) is 0 Å². The molecule has 0 aliphatic rings. The third-order valence-corrected chi connectivity index (χ3v) is 1.63. The lowest BCUT2D eigenvalue weighted by Gasteiger charge is -1.97. The van der Waals surface area contributed by atoms with E-state index < -0.39 is 12.0 Å². The number of para-hydroxylation sites is 1. The molecule has 16 heavy (non-hydrogen) atoms. The third-order valence-electron chi connectivity index (χ3n) is 1.63. The predicted molar refractivity (Wildman–Crippen MR) is 58.2 cm³/mol. The van der Waals surface area contributed by atoms with Crippen molar-refractivity contribution in [1.29, 1.82) is 0 Å². The molecule has 0 heterocycles. The summed E-state index contributed by atoms with van der Waals surface area (Å²) in [6.45, 7) is -0.00463. The number of carbonyl (C=O) groups is 2. The molecule has 1 aromatic carbocycles. The lowest BCUT2D eigenvalue weighted by Crippen LogP contribution is -2.37. The summed E-state index contributed by atoms with van der Waals surface area (Å²) in [4.78, 5) is 19.8. The summed E-state index contributed by atoms with van der Waals surface area (Å²) in [5, 5.41) is 16.9. The monoisotopic (exact) mass is 226 g/mol. The maximum atomic E-state index is 10.1. The summed E-state index contributed by atoms with van der Waals surface area (Å²) in [7, 11) is 0. The Bertz CT molecular complexity index is 354. The largest absolute Gasteiger partial charge is 0.507 e. The number of carboxylic acids is 1. The van der Waals surface area contributed by atoms with Crippen LogP contribution in [0.25, 0.3) is 0 Å². The van der Waals surface area contributed by atoms with Crippen LogP contribution in [-0.2, 0) is 4.79 Å². The Hall–Kier alpha value is -1.92. The van der Waals surface area contributed by atoms with E-state index in [2.05, 4.69) is 0 Å². The Balaban J connectivity index is 0.000000293. The topological polar surface area (TPSA) is 127 Å². The van der Waals surface area contributed by atoms with E-state index in [-0.39, 0.29) is 12.3 Å². The fourth-order valence-corrected chi connectivity index (χ4v) is 0.688. The minimum atomic E-state index is -1.05. The van der Waals surface area contributed by atoms with Crippen LogP contribution in [0.1, 0.15) is 10.4 Å². The van der Waals surface area contributed by atoms with Crippen molar-refractivity contribution in [2.45, 2.75) is 6.04 Å². The number of phenolic OH excluding ortho intramolecular Hbond substituents is 1. The van der Waals surface area contributed by atoms with Gasteiger partial charge in [0.25, 0.3) is 0 Å². The second-order valence-corrected chi connectivity index (χ2v) is 2.86. The first kappa shape index (κ1) is 14.1. The van der Waals surface area contributed by atoms with Gasteiger partial charge in [-0.3, -0.25) is 9.59 Å². The molecule has 1 aromatic rings. The van der Waals surface area contributed by atoms with E-state index in [4.69, 9.17) is 21.7 Å². The van der Waals surface area contributed by atoms with Gasteiger partial charge in [-0.05, 0) is 12.1 Å². The van der Waals surface area contributed by atoms with E-state index in [1.165, 1.54) is 6.07 Å². The second-order valence-electron chi connectivity index (χ2n) is 2.86. The highest BCUT2D eigenvalue weighted by Crippen LogP contribution is 2.11. The average molecular weight is 226 g/mol. The van der Waals surface area contributed by atoms with Gasteiger partial charge in [0, 0.05) is 6.54 Å². The van der Waals surface area contributed by atoms with E-state index >= 15 is 0 Å². The van der Waals surface area contributed by atoms with Gasteiger partial charge in [-0.2, -0.15) is 0 Å². The molecule has 0 amide bonds. The Morgan fingerprint density at radius 2 is 2.00 bits per heavy atom. The first-order valence-electron chi connectivity index (χ1n) is 4.44. The minimum Gasteiger partial charge on any atom is -0.507 e. The van der Waals surface area contributed by atoms with Crippen LogP contribution in [0.15, 0.2) is 24.3 Å².